The number of benzene rings is 2. The Hall–Kier alpha value is -2.54. The minimum Gasteiger partial charge on any atom is -0.495 e. The summed E-state index contributed by atoms with van der Waals surface area (Å²) in [6, 6.07) is 12.7. The fourth-order valence-corrected chi connectivity index (χ4v) is 3.53. The van der Waals surface area contributed by atoms with Crippen LogP contribution in [0.15, 0.2) is 42.5 Å². The van der Waals surface area contributed by atoms with Gasteiger partial charge in [-0.15, -0.1) is 0 Å². The molecule has 2 aromatic carbocycles. The molecule has 140 valence electrons. The van der Waals surface area contributed by atoms with Gasteiger partial charge in [-0.05, 0) is 49.2 Å². The molecule has 0 heterocycles. The summed E-state index contributed by atoms with van der Waals surface area (Å²) < 4.78 is 31.0. The number of carbonyl (C=O) groups is 1. The van der Waals surface area contributed by atoms with Gasteiger partial charge < -0.3 is 10.1 Å². The first-order valence-electron chi connectivity index (χ1n) is 8.19. The topological polar surface area (TPSA) is 75.7 Å². The van der Waals surface area contributed by atoms with Gasteiger partial charge in [0, 0.05) is 18.7 Å². The van der Waals surface area contributed by atoms with E-state index < -0.39 is 10.0 Å². The first kappa shape index (κ1) is 19.8. The van der Waals surface area contributed by atoms with Gasteiger partial charge in [0.05, 0.1) is 19.1 Å². The number of ether oxygens (including phenoxy) is 1. The highest BCUT2D eigenvalue weighted by atomic mass is 32.2. The Kier molecular flexibility index (Phi) is 6.26. The summed E-state index contributed by atoms with van der Waals surface area (Å²) in [5.41, 5.74) is 3.05. The molecule has 0 spiro atoms. The van der Waals surface area contributed by atoms with Crippen LogP contribution in [0, 0.1) is 13.8 Å². The zero-order chi connectivity index (χ0) is 19.3. The third-order valence-electron chi connectivity index (χ3n) is 3.85. The molecule has 1 amide bonds. The molecule has 0 bridgehead atoms. The van der Waals surface area contributed by atoms with E-state index >= 15 is 0 Å². The molecular weight excluding hydrogens is 352 g/mol. The molecule has 0 aliphatic heterocycles. The lowest BCUT2D eigenvalue weighted by molar-refractivity contribution is -0.116. The van der Waals surface area contributed by atoms with Gasteiger partial charge in [-0.2, -0.15) is 0 Å². The van der Waals surface area contributed by atoms with Gasteiger partial charge >= 0.3 is 0 Å². The average Bonchev–Trinajstić information content (AvgIpc) is 2.54. The van der Waals surface area contributed by atoms with E-state index in [0.717, 1.165) is 17.4 Å². The Morgan fingerprint density at radius 2 is 1.81 bits per heavy atom. The van der Waals surface area contributed by atoms with E-state index in [0.29, 0.717) is 17.1 Å². The van der Waals surface area contributed by atoms with E-state index in [4.69, 9.17) is 4.74 Å². The summed E-state index contributed by atoms with van der Waals surface area (Å²) in [5, 5.41) is 2.79. The molecule has 0 fully saturated rings. The largest absolute Gasteiger partial charge is 0.495 e. The fourth-order valence-electron chi connectivity index (χ4n) is 2.61. The highest BCUT2D eigenvalue weighted by molar-refractivity contribution is 7.92. The third kappa shape index (κ3) is 5.23. The van der Waals surface area contributed by atoms with E-state index in [1.54, 1.807) is 18.2 Å². The number of rotatable bonds is 7. The number of aryl methyl sites for hydroxylation is 2. The lowest BCUT2D eigenvalue weighted by atomic mass is 10.2. The molecule has 0 radical (unpaired) electrons. The monoisotopic (exact) mass is 376 g/mol. The molecule has 0 unspecified atom stereocenters. The highest BCUT2D eigenvalue weighted by Gasteiger charge is 2.22. The van der Waals surface area contributed by atoms with Gasteiger partial charge in [0.1, 0.15) is 5.75 Å². The number of nitrogens with zero attached hydrogens (tertiary/aromatic N) is 1. The molecule has 7 heteroatoms. The summed E-state index contributed by atoms with van der Waals surface area (Å²) in [7, 11) is -2.08. The molecular formula is C19H24N2O4S. The summed E-state index contributed by atoms with van der Waals surface area (Å²) >= 11 is 0. The Morgan fingerprint density at radius 3 is 2.42 bits per heavy atom. The number of carbonyl (C=O) groups excluding carboxylic acids is 1. The van der Waals surface area contributed by atoms with Crippen molar-refractivity contribution in [3.63, 3.8) is 0 Å². The quantitative estimate of drug-likeness (QED) is 0.806. The zero-order valence-electron chi connectivity index (χ0n) is 15.4. The van der Waals surface area contributed by atoms with Crippen molar-refractivity contribution in [2.45, 2.75) is 20.3 Å². The van der Waals surface area contributed by atoms with Gasteiger partial charge in [0.25, 0.3) is 0 Å². The summed E-state index contributed by atoms with van der Waals surface area (Å²) in [6.45, 7) is 3.83. The van der Waals surface area contributed by atoms with Crippen LogP contribution in [0.1, 0.15) is 17.5 Å². The van der Waals surface area contributed by atoms with Crippen LogP contribution in [0.4, 0.5) is 11.4 Å². The highest BCUT2D eigenvalue weighted by Crippen LogP contribution is 2.31. The number of anilines is 2. The standard InChI is InChI=1S/C19H24N2O4S/c1-14-6-5-7-16(12-14)20-19(22)10-11-21(26(4,23)24)17-13-15(2)8-9-18(17)25-3/h5-9,12-13H,10-11H2,1-4H3,(H,20,22). The third-order valence-corrected chi connectivity index (χ3v) is 5.03. The van der Waals surface area contributed by atoms with E-state index in [1.807, 2.05) is 38.1 Å². The van der Waals surface area contributed by atoms with Crippen LogP contribution < -0.4 is 14.4 Å². The molecule has 2 aromatic rings. The first-order valence-corrected chi connectivity index (χ1v) is 10.0. The SMILES string of the molecule is COc1ccc(C)cc1N(CCC(=O)Nc1cccc(C)c1)S(C)(=O)=O. The van der Waals surface area contributed by atoms with Crippen LogP contribution >= 0.6 is 0 Å². The molecule has 0 aliphatic carbocycles. The van der Waals surface area contributed by atoms with E-state index in [2.05, 4.69) is 5.32 Å². The van der Waals surface area contributed by atoms with Crippen molar-refractivity contribution >= 4 is 27.3 Å². The van der Waals surface area contributed by atoms with Crippen molar-refractivity contribution in [1.82, 2.24) is 0 Å². The van der Waals surface area contributed by atoms with Crippen molar-refractivity contribution in [3.8, 4) is 5.75 Å². The van der Waals surface area contributed by atoms with Crippen molar-refractivity contribution < 1.29 is 17.9 Å². The fraction of sp³-hybridized carbons (Fsp3) is 0.316. The molecule has 0 aliphatic rings. The number of amides is 1. The minimum atomic E-state index is -3.57. The Morgan fingerprint density at radius 1 is 1.12 bits per heavy atom. The van der Waals surface area contributed by atoms with Crippen LogP contribution in [0.2, 0.25) is 0 Å². The molecule has 0 atom stereocenters. The number of hydrogen-bond donors (Lipinski definition) is 1. The second-order valence-corrected chi connectivity index (χ2v) is 8.08. The maximum absolute atomic E-state index is 12.3. The molecule has 1 N–H and O–H groups in total. The van der Waals surface area contributed by atoms with E-state index in [-0.39, 0.29) is 18.9 Å². The lowest BCUT2D eigenvalue weighted by Crippen LogP contribution is -2.33. The van der Waals surface area contributed by atoms with Crippen molar-refractivity contribution in [2.24, 2.45) is 0 Å². The molecule has 2 rings (SSSR count). The van der Waals surface area contributed by atoms with Crippen LogP contribution in [0.25, 0.3) is 0 Å². The van der Waals surface area contributed by atoms with Gasteiger partial charge in [0.2, 0.25) is 15.9 Å². The van der Waals surface area contributed by atoms with Crippen molar-refractivity contribution in [1.29, 1.82) is 0 Å². The van der Waals surface area contributed by atoms with Crippen molar-refractivity contribution in [3.05, 3.63) is 53.6 Å². The molecule has 0 saturated carbocycles. The molecule has 0 aromatic heterocycles. The molecule has 0 saturated heterocycles. The van der Waals surface area contributed by atoms with Gasteiger partial charge in [-0.25, -0.2) is 8.42 Å². The summed E-state index contributed by atoms with van der Waals surface area (Å²) in [6.07, 6.45) is 1.14. The average molecular weight is 376 g/mol. The summed E-state index contributed by atoms with van der Waals surface area (Å²) in [5.74, 6) is 0.191. The molecule has 6 nitrogen and oxygen atoms in total. The second kappa shape index (κ2) is 8.23. The number of nitrogens with one attached hydrogen (secondary N) is 1. The minimum absolute atomic E-state index is 0.0241. The maximum Gasteiger partial charge on any atom is 0.232 e. The van der Waals surface area contributed by atoms with Crippen LogP contribution in [0.5, 0.6) is 5.75 Å². The Balaban J connectivity index is 2.17. The first-order chi connectivity index (χ1) is 12.2. The van der Waals surface area contributed by atoms with Crippen LogP contribution in [0.3, 0.4) is 0 Å². The predicted molar refractivity (Wildman–Crippen MR) is 104 cm³/mol. The molecule has 26 heavy (non-hydrogen) atoms. The predicted octanol–water partition coefficient (Wildman–Crippen LogP) is 3.11. The lowest BCUT2D eigenvalue weighted by Gasteiger charge is -2.24. The normalized spacial score (nSPS) is 11.1. The van der Waals surface area contributed by atoms with Gasteiger partial charge in [-0.3, -0.25) is 9.10 Å². The summed E-state index contributed by atoms with van der Waals surface area (Å²) in [4.78, 5) is 12.2. The Bertz CT molecular complexity index is 894. The van der Waals surface area contributed by atoms with E-state index in [9.17, 15) is 13.2 Å². The number of sulfonamides is 1. The number of hydrogen-bond acceptors (Lipinski definition) is 4. The smallest absolute Gasteiger partial charge is 0.232 e. The maximum atomic E-state index is 12.3. The van der Waals surface area contributed by atoms with Gasteiger partial charge in [0.15, 0.2) is 0 Å². The zero-order valence-corrected chi connectivity index (χ0v) is 16.3. The van der Waals surface area contributed by atoms with E-state index in [1.165, 1.54) is 11.4 Å². The van der Waals surface area contributed by atoms with Crippen molar-refractivity contribution in [2.75, 3.05) is 29.5 Å². The second-order valence-electron chi connectivity index (χ2n) is 6.18. The Labute approximate surface area is 154 Å². The van der Waals surface area contributed by atoms with Gasteiger partial charge in [-0.1, -0.05) is 18.2 Å². The van der Waals surface area contributed by atoms with Crippen LogP contribution in [-0.2, 0) is 14.8 Å². The van der Waals surface area contributed by atoms with Crippen LogP contribution in [-0.4, -0.2) is 34.2 Å². The number of methoxy groups -OCH3 is 1.